The number of hydrogen-bond donors (Lipinski definition) is 0. The fraction of sp³-hybridized carbons (Fsp3) is 0.235. The minimum Gasteiger partial charge on any atom is -0.348 e. The molecule has 0 spiro atoms. The van der Waals surface area contributed by atoms with Gasteiger partial charge in [-0.1, -0.05) is 48.0 Å². The Balaban J connectivity index is 2.10. The zero-order chi connectivity index (χ0) is 14.1. The van der Waals surface area contributed by atoms with Crippen molar-refractivity contribution in [3.8, 4) is 0 Å². The second-order valence-electron chi connectivity index (χ2n) is 5.18. The van der Waals surface area contributed by atoms with E-state index in [1.54, 1.807) is 11.9 Å². The summed E-state index contributed by atoms with van der Waals surface area (Å²) >= 11 is 0. The summed E-state index contributed by atoms with van der Waals surface area (Å²) in [4.78, 5) is 13.9. The molecule has 0 aliphatic carbocycles. The topological polar surface area (TPSA) is 29.5 Å². The Morgan fingerprint density at radius 1 is 1.10 bits per heavy atom. The van der Waals surface area contributed by atoms with Crippen molar-refractivity contribution in [3.05, 3.63) is 70.8 Å². The van der Waals surface area contributed by atoms with E-state index in [1.807, 2.05) is 24.3 Å². The van der Waals surface area contributed by atoms with Crippen molar-refractivity contribution in [3.63, 3.8) is 0 Å². The van der Waals surface area contributed by atoms with Crippen LogP contribution < -0.4 is 0 Å². The van der Waals surface area contributed by atoms with E-state index in [0.717, 1.165) is 16.7 Å². The number of fused-ring (bicyclic) bond motifs is 1. The van der Waals surface area contributed by atoms with Crippen molar-refractivity contribution in [1.82, 2.24) is 4.90 Å². The second-order valence-corrected chi connectivity index (χ2v) is 5.18. The molecule has 0 bridgehead atoms. The van der Waals surface area contributed by atoms with E-state index >= 15 is 0 Å². The van der Waals surface area contributed by atoms with Gasteiger partial charge in [0.15, 0.2) is 0 Å². The van der Waals surface area contributed by atoms with Crippen molar-refractivity contribution >= 4 is 5.91 Å². The lowest BCUT2D eigenvalue weighted by molar-refractivity contribution is 0.0146. The summed E-state index contributed by atoms with van der Waals surface area (Å²) in [6.07, 6.45) is -0.194. The minimum absolute atomic E-state index is 0.00946. The molecule has 0 saturated carbocycles. The van der Waals surface area contributed by atoms with Crippen LogP contribution in [0.2, 0.25) is 0 Å². The first kappa shape index (κ1) is 12.9. The van der Waals surface area contributed by atoms with Gasteiger partial charge < -0.3 is 9.64 Å². The molecule has 0 N–H and O–H groups in total. The number of amides is 1. The average Bonchev–Trinajstić information content (AvgIpc) is 2.60. The van der Waals surface area contributed by atoms with Crippen LogP contribution in [0, 0.1) is 6.92 Å². The lowest BCUT2D eigenvalue weighted by atomic mass is 9.96. The predicted molar refractivity (Wildman–Crippen MR) is 77.5 cm³/mol. The van der Waals surface area contributed by atoms with Crippen LogP contribution in [0.25, 0.3) is 0 Å². The summed E-state index contributed by atoms with van der Waals surface area (Å²) in [7, 11) is 1.76. The number of aryl methyl sites for hydroxylation is 1. The van der Waals surface area contributed by atoms with Gasteiger partial charge in [-0.25, -0.2) is 0 Å². The van der Waals surface area contributed by atoms with Crippen LogP contribution in [0.1, 0.15) is 33.2 Å². The van der Waals surface area contributed by atoms with Crippen LogP contribution in [0.15, 0.2) is 48.5 Å². The Hall–Kier alpha value is -2.13. The monoisotopic (exact) mass is 267 g/mol. The van der Waals surface area contributed by atoms with Crippen molar-refractivity contribution in [2.75, 3.05) is 13.8 Å². The van der Waals surface area contributed by atoms with E-state index in [0.29, 0.717) is 6.73 Å². The fourth-order valence-electron chi connectivity index (χ4n) is 2.48. The molecule has 20 heavy (non-hydrogen) atoms. The molecular formula is C17H17NO2. The first-order valence-electron chi connectivity index (χ1n) is 6.69. The third kappa shape index (κ3) is 2.21. The highest BCUT2D eigenvalue weighted by atomic mass is 16.5. The molecule has 1 aliphatic rings. The van der Waals surface area contributed by atoms with Gasteiger partial charge >= 0.3 is 0 Å². The summed E-state index contributed by atoms with van der Waals surface area (Å²) in [6.45, 7) is 2.36. The Morgan fingerprint density at radius 3 is 2.55 bits per heavy atom. The first-order valence-corrected chi connectivity index (χ1v) is 6.69. The lowest BCUT2D eigenvalue weighted by Gasteiger charge is -2.18. The Morgan fingerprint density at radius 2 is 1.80 bits per heavy atom. The van der Waals surface area contributed by atoms with Crippen molar-refractivity contribution in [1.29, 1.82) is 0 Å². The third-order valence-electron chi connectivity index (χ3n) is 3.64. The van der Waals surface area contributed by atoms with Crippen LogP contribution in [0.3, 0.4) is 0 Å². The highest BCUT2D eigenvalue weighted by molar-refractivity contribution is 5.96. The molecule has 3 rings (SSSR count). The number of carbonyl (C=O) groups is 1. The number of rotatable bonds is 1. The SMILES string of the molecule is Cc1ccc([C@H]2OCN(C)C(=O)c3ccccc32)cc1. The summed E-state index contributed by atoms with van der Waals surface area (Å²) in [6, 6.07) is 15.9. The molecule has 3 nitrogen and oxygen atoms in total. The Bertz CT molecular complexity index is 634. The van der Waals surface area contributed by atoms with Gasteiger partial charge in [0, 0.05) is 12.6 Å². The zero-order valence-electron chi connectivity index (χ0n) is 11.7. The normalized spacial score (nSPS) is 18.6. The summed E-state index contributed by atoms with van der Waals surface area (Å²) in [5, 5.41) is 0. The maximum atomic E-state index is 12.3. The van der Waals surface area contributed by atoms with Crippen LogP contribution in [0.4, 0.5) is 0 Å². The molecular weight excluding hydrogens is 250 g/mol. The first-order chi connectivity index (χ1) is 9.66. The number of benzene rings is 2. The molecule has 102 valence electrons. The predicted octanol–water partition coefficient (Wildman–Crippen LogP) is 3.14. The molecule has 0 saturated heterocycles. The summed E-state index contributed by atoms with van der Waals surface area (Å²) in [5.74, 6) is 0.00946. The molecule has 0 radical (unpaired) electrons. The third-order valence-corrected chi connectivity index (χ3v) is 3.64. The van der Waals surface area contributed by atoms with E-state index in [4.69, 9.17) is 4.74 Å². The van der Waals surface area contributed by atoms with E-state index in [9.17, 15) is 4.79 Å². The largest absolute Gasteiger partial charge is 0.348 e. The van der Waals surface area contributed by atoms with Gasteiger partial charge in [0.25, 0.3) is 5.91 Å². The molecule has 2 aromatic carbocycles. The molecule has 0 aromatic heterocycles. The Kier molecular flexibility index (Phi) is 3.28. The number of ether oxygens (including phenoxy) is 1. The summed E-state index contributed by atoms with van der Waals surface area (Å²) in [5.41, 5.74) is 3.94. The number of hydrogen-bond acceptors (Lipinski definition) is 2. The van der Waals surface area contributed by atoms with Gasteiger partial charge in [0.1, 0.15) is 12.8 Å². The zero-order valence-corrected chi connectivity index (χ0v) is 11.7. The number of carbonyl (C=O) groups excluding carboxylic acids is 1. The second kappa shape index (κ2) is 5.10. The lowest BCUT2D eigenvalue weighted by Crippen LogP contribution is -2.27. The molecule has 3 heteroatoms. The molecule has 1 aliphatic heterocycles. The summed E-state index contributed by atoms with van der Waals surface area (Å²) < 4.78 is 5.94. The molecule has 2 aromatic rings. The molecule has 1 amide bonds. The van der Waals surface area contributed by atoms with Crippen molar-refractivity contribution in [2.24, 2.45) is 0 Å². The molecule has 1 heterocycles. The van der Waals surface area contributed by atoms with Crippen molar-refractivity contribution < 1.29 is 9.53 Å². The molecule has 0 unspecified atom stereocenters. The highest BCUT2D eigenvalue weighted by Gasteiger charge is 2.27. The molecule has 1 atom stereocenters. The van der Waals surface area contributed by atoms with Crippen LogP contribution in [0.5, 0.6) is 0 Å². The smallest absolute Gasteiger partial charge is 0.255 e. The standard InChI is InChI=1S/C17H17NO2/c1-12-7-9-13(10-8-12)16-14-5-3-4-6-15(14)17(19)18(2)11-20-16/h3-10,16H,11H2,1-2H3/t16-/m1/s1. The van der Waals surface area contributed by atoms with Gasteiger partial charge in [-0.05, 0) is 24.1 Å². The maximum absolute atomic E-state index is 12.3. The highest BCUT2D eigenvalue weighted by Crippen LogP contribution is 2.31. The fourth-order valence-corrected chi connectivity index (χ4v) is 2.48. The van der Waals surface area contributed by atoms with Gasteiger partial charge in [-0.3, -0.25) is 4.79 Å². The quantitative estimate of drug-likeness (QED) is 0.794. The van der Waals surface area contributed by atoms with E-state index in [2.05, 4.69) is 31.2 Å². The van der Waals surface area contributed by atoms with E-state index < -0.39 is 0 Å². The van der Waals surface area contributed by atoms with Gasteiger partial charge in [-0.15, -0.1) is 0 Å². The van der Waals surface area contributed by atoms with Crippen LogP contribution in [-0.2, 0) is 4.74 Å². The van der Waals surface area contributed by atoms with E-state index in [1.165, 1.54) is 5.56 Å². The van der Waals surface area contributed by atoms with Crippen LogP contribution >= 0.6 is 0 Å². The van der Waals surface area contributed by atoms with E-state index in [-0.39, 0.29) is 12.0 Å². The Labute approximate surface area is 118 Å². The minimum atomic E-state index is -0.194. The van der Waals surface area contributed by atoms with Gasteiger partial charge in [-0.2, -0.15) is 0 Å². The average molecular weight is 267 g/mol. The van der Waals surface area contributed by atoms with Crippen LogP contribution in [-0.4, -0.2) is 24.6 Å². The van der Waals surface area contributed by atoms with Crippen molar-refractivity contribution in [2.45, 2.75) is 13.0 Å². The van der Waals surface area contributed by atoms with Gasteiger partial charge in [0.2, 0.25) is 0 Å². The van der Waals surface area contributed by atoms with Gasteiger partial charge in [0.05, 0.1) is 0 Å². The number of nitrogens with zero attached hydrogens (tertiary/aromatic N) is 1. The maximum Gasteiger partial charge on any atom is 0.255 e. The molecule has 0 fully saturated rings.